The molecule has 4 rings (SSSR count). The Bertz CT molecular complexity index is 1180. The molecule has 29 heavy (non-hydrogen) atoms. The Morgan fingerprint density at radius 3 is 2.31 bits per heavy atom. The van der Waals surface area contributed by atoms with Crippen molar-refractivity contribution in [2.75, 3.05) is 0 Å². The van der Waals surface area contributed by atoms with E-state index in [1.165, 1.54) is 9.58 Å². The van der Waals surface area contributed by atoms with E-state index in [1.807, 2.05) is 38.1 Å². The van der Waals surface area contributed by atoms with Gasteiger partial charge in [-0.2, -0.15) is 5.10 Å². The second-order valence-electron chi connectivity index (χ2n) is 7.50. The maximum atomic E-state index is 13.5. The molecule has 0 saturated heterocycles. The van der Waals surface area contributed by atoms with Crippen LogP contribution >= 0.6 is 0 Å². The highest BCUT2D eigenvalue weighted by atomic mass is 16.4. The molecule has 0 bridgehead atoms. The predicted octanol–water partition coefficient (Wildman–Crippen LogP) is 2.63. The molecule has 0 saturated carbocycles. The van der Waals surface area contributed by atoms with Gasteiger partial charge in [0.15, 0.2) is 5.69 Å². The minimum Gasteiger partial charge on any atom is -0.480 e. The van der Waals surface area contributed by atoms with Gasteiger partial charge in [0, 0.05) is 18.4 Å². The van der Waals surface area contributed by atoms with Gasteiger partial charge < -0.3 is 10.0 Å². The minimum absolute atomic E-state index is 0.0968. The molecule has 1 aromatic heterocycles. The second kappa shape index (κ2) is 7.16. The molecule has 1 N–H and O–H groups in total. The molecule has 1 aliphatic rings. The lowest BCUT2D eigenvalue weighted by molar-refractivity contribution is -0.142. The van der Waals surface area contributed by atoms with Gasteiger partial charge in [-0.25, -0.2) is 9.48 Å². The standard InChI is InChI=1S/C22H21N3O4/c1-13(2)25-20(26)17-10-6-5-9-16(17)19(23-25)21(27)24-12-15-8-4-3-7-14(15)11-18(24)22(28)29/h3-10,13,18H,11-12H2,1-2H3,(H,28,29)/t18-/m0/s1. The Kier molecular flexibility index (Phi) is 4.66. The minimum atomic E-state index is -1.06. The molecule has 0 radical (unpaired) electrons. The number of hydrogen-bond acceptors (Lipinski definition) is 4. The summed E-state index contributed by atoms with van der Waals surface area (Å²) in [4.78, 5) is 39.5. The molecule has 2 aromatic carbocycles. The highest BCUT2D eigenvalue weighted by molar-refractivity contribution is 6.06. The number of carbonyl (C=O) groups is 2. The number of nitrogens with zero attached hydrogens (tertiary/aromatic N) is 3. The zero-order valence-electron chi connectivity index (χ0n) is 16.2. The summed E-state index contributed by atoms with van der Waals surface area (Å²) < 4.78 is 1.28. The monoisotopic (exact) mass is 391 g/mol. The molecular formula is C22H21N3O4. The number of aliphatic carboxylic acids is 1. The molecule has 0 spiro atoms. The van der Waals surface area contributed by atoms with Crippen LogP contribution in [0, 0.1) is 0 Å². The van der Waals surface area contributed by atoms with E-state index in [0.29, 0.717) is 10.8 Å². The first kappa shape index (κ1) is 18.9. The molecule has 0 unspecified atom stereocenters. The van der Waals surface area contributed by atoms with E-state index in [1.54, 1.807) is 24.3 Å². The van der Waals surface area contributed by atoms with Crippen LogP contribution in [0.3, 0.4) is 0 Å². The summed E-state index contributed by atoms with van der Waals surface area (Å²) in [6.07, 6.45) is 0.235. The van der Waals surface area contributed by atoms with Gasteiger partial charge in [0.1, 0.15) is 6.04 Å². The number of rotatable bonds is 3. The number of carbonyl (C=O) groups excluding carboxylic acids is 1. The molecule has 148 valence electrons. The van der Waals surface area contributed by atoms with Crippen LogP contribution in [0.2, 0.25) is 0 Å². The normalized spacial score (nSPS) is 16.1. The lowest BCUT2D eigenvalue weighted by atomic mass is 9.93. The van der Waals surface area contributed by atoms with E-state index in [9.17, 15) is 19.5 Å². The van der Waals surface area contributed by atoms with Crippen LogP contribution < -0.4 is 5.56 Å². The smallest absolute Gasteiger partial charge is 0.326 e. The first-order valence-corrected chi connectivity index (χ1v) is 9.50. The topological polar surface area (TPSA) is 92.5 Å². The first-order valence-electron chi connectivity index (χ1n) is 9.50. The van der Waals surface area contributed by atoms with Gasteiger partial charge in [-0.05, 0) is 31.0 Å². The third-order valence-corrected chi connectivity index (χ3v) is 5.31. The van der Waals surface area contributed by atoms with E-state index < -0.39 is 17.9 Å². The maximum absolute atomic E-state index is 13.5. The van der Waals surface area contributed by atoms with Gasteiger partial charge in [-0.1, -0.05) is 42.5 Å². The average molecular weight is 391 g/mol. The van der Waals surface area contributed by atoms with Crippen molar-refractivity contribution >= 4 is 22.6 Å². The van der Waals surface area contributed by atoms with Crippen molar-refractivity contribution in [1.82, 2.24) is 14.7 Å². The zero-order valence-corrected chi connectivity index (χ0v) is 16.2. The number of carboxylic acids is 1. The summed E-state index contributed by atoms with van der Waals surface area (Å²) >= 11 is 0. The first-order chi connectivity index (χ1) is 13.9. The number of carboxylic acid groups (broad SMARTS) is 1. The molecule has 1 atom stereocenters. The fourth-order valence-corrected chi connectivity index (χ4v) is 3.81. The van der Waals surface area contributed by atoms with Gasteiger partial charge >= 0.3 is 5.97 Å². The average Bonchev–Trinajstić information content (AvgIpc) is 2.72. The maximum Gasteiger partial charge on any atom is 0.326 e. The van der Waals surface area contributed by atoms with Crippen LogP contribution in [0.25, 0.3) is 10.8 Å². The van der Waals surface area contributed by atoms with Crippen molar-refractivity contribution in [3.8, 4) is 0 Å². The molecule has 3 aromatic rings. The van der Waals surface area contributed by atoms with Crippen LogP contribution in [0.1, 0.15) is 41.5 Å². The Hall–Kier alpha value is -3.48. The van der Waals surface area contributed by atoms with E-state index in [4.69, 9.17) is 0 Å². The summed E-state index contributed by atoms with van der Waals surface area (Å²) in [5.41, 5.74) is 1.67. The summed E-state index contributed by atoms with van der Waals surface area (Å²) in [5, 5.41) is 14.9. The molecule has 0 fully saturated rings. The van der Waals surface area contributed by atoms with Crippen molar-refractivity contribution in [2.45, 2.75) is 38.9 Å². The van der Waals surface area contributed by atoms with E-state index >= 15 is 0 Å². The third kappa shape index (κ3) is 3.18. The van der Waals surface area contributed by atoms with Crippen LogP contribution in [-0.4, -0.2) is 37.7 Å². The van der Waals surface area contributed by atoms with E-state index in [2.05, 4.69) is 5.10 Å². The zero-order chi connectivity index (χ0) is 20.7. The molecule has 1 amide bonds. The lowest BCUT2D eigenvalue weighted by Crippen LogP contribution is -2.49. The van der Waals surface area contributed by atoms with Crippen LogP contribution in [0.15, 0.2) is 53.3 Å². The van der Waals surface area contributed by atoms with E-state index in [0.717, 1.165) is 11.1 Å². The molecule has 2 heterocycles. The van der Waals surface area contributed by atoms with Crippen molar-refractivity contribution in [2.24, 2.45) is 0 Å². The van der Waals surface area contributed by atoms with Crippen LogP contribution in [0.5, 0.6) is 0 Å². The Labute approximate surface area is 167 Å². The van der Waals surface area contributed by atoms with Gasteiger partial charge in [0.2, 0.25) is 0 Å². The SMILES string of the molecule is CC(C)n1nc(C(=O)N2Cc3ccccc3C[C@H]2C(=O)O)c2ccccc2c1=O. The van der Waals surface area contributed by atoms with Crippen molar-refractivity contribution in [3.05, 3.63) is 75.7 Å². The summed E-state index contributed by atoms with van der Waals surface area (Å²) in [7, 11) is 0. The van der Waals surface area contributed by atoms with Gasteiger partial charge in [0.05, 0.1) is 11.4 Å². The quantitative estimate of drug-likeness (QED) is 0.741. The fourth-order valence-electron chi connectivity index (χ4n) is 3.81. The van der Waals surface area contributed by atoms with E-state index in [-0.39, 0.29) is 30.3 Å². The van der Waals surface area contributed by atoms with Gasteiger partial charge in [0.25, 0.3) is 11.5 Å². The van der Waals surface area contributed by atoms with Crippen molar-refractivity contribution in [3.63, 3.8) is 0 Å². The second-order valence-corrected chi connectivity index (χ2v) is 7.50. The summed E-state index contributed by atoms with van der Waals surface area (Å²) in [6, 6.07) is 13.1. The number of amides is 1. The predicted molar refractivity (Wildman–Crippen MR) is 108 cm³/mol. The fraction of sp³-hybridized carbons (Fsp3) is 0.273. The number of hydrogen-bond donors (Lipinski definition) is 1. The molecule has 1 aliphatic heterocycles. The largest absolute Gasteiger partial charge is 0.480 e. The third-order valence-electron chi connectivity index (χ3n) is 5.31. The van der Waals surface area contributed by atoms with Crippen LogP contribution in [-0.2, 0) is 17.8 Å². The summed E-state index contributed by atoms with van der Waals surface area (Å²) in [5.74, 6) is -1.55. The summed E-state index contributed by atoms with van der Waals surface area (Å²) in [6.45, 7) is 3.81. The number of fused-ring (bicyclic) bond motifs is 2. The number of aromatic nitrogens is 2. The Morgan fingerprint density at radius 2 is 1.66 bits per heavy atom. The Balaban J connectivity index is 1.87. The lowest BCUT2D eigenvalue weighted by Gasteiger charge is -2.34. The van der Waals surface area contributed by atoms with Crippen LogP contribution in [0.4, 0.5) is 0 Å². The Morgan fingerprint density at radius 1 is 1.03 bits per heavy atom. The van der Waals surface area contributed by atoms with Gasteiger partial charge in [-0.15, -0.1) is 0 Å². The van der Waals surface area contributed by atoms with Crippen molar-refractivity contribution < 1.29 is 14.7 Å². The highest BCUT2D eigenvalue weighted by Crippen LogP contribution is 2.26. The van der Waals surface area contributed by atoms with Gasteiger partial charge in [-0.3, -0.25) is 9.59 Å². The molecule has 7 heteroatoms. The number of benzene rings is 2. The highest BCUT2D eigenvalue weighted by Gasteiger charge is 2.36. The molecular weight excluding hydrogens is 370 g/mol. The molecule has 7 nitrogen and oxygen atoms in total. The molecule has 0 aliphatic carbocycles. The van der Waals surface area contributed by atoms with Crippen molar-refractivity contribution in [1.29, 1.82) is 0 Å².